The number of aryl methyl sites for hydroxylation is 1. The first kappa shape index (κ1) is 24.9. The first-order chi connectivity index (χ1) is 15.9. The highest BCUT2D eigenvalue weighted by molar-refractivity contribution is 7.71. The van der Waals surface area contributed by atoms with E-state index in [0.717, 1.165) is 31.2 Å². The molecule has 0 spiro atoms. The maximum absolute atomic E-state index is 12.7. The van der Waals surface area contributed by atoms with E-state index >= 15 is 0 Å². The Kier molecular flexibility index (Phi) is 8.97. The maximum atomic E-state index is 12.7. The van der Waals surface area contributed by atoms with Crippen molar-refractivity contribution in [3.8, 4) is 0 Å². The summed E-state index contributed by atoms with van der Waals surface area (Å²) in [7, 11) is 4.06. The van der Waals surface area contributed by atoms with Gasteiger partial charge in [-0.15, -0.1) is 0 Å². The van der Waals surface area contributed by atoms with E-state index in [1.165, 1.54) is 11.1 Å². The molecule has 0 aliphatic carbocycles. The lowest BCUT2D eigenvalue weighted by molar-refractivity contribution is -0.121. The van der Waals surface area contributed by atoms with Crippen molar-refractivity contribution < 1.29 is 4.79 Å². The van der Waals surface area contributed by atoms with Crippen LogP contribution in [0.1, 0.15) is 49.8 Å². The van der Waals surface area contributed by atoms with E-state index in [1.54, 1.807) is 4.57 Å². The monoisotopic (exact) mass is 466 g/mol. The summed E-state index contributed by atoms with van der Waals surface area (Å²) in [6.07, 6.45) is 3.94. The predicted octanol–water partition coefficient (Wildman–Crippen LogP) is 4.60. The van der Waals surface area contributed by atoms with Crippen molar-refractivity contribution >= 4 is 29.0 Å². The highest BCUT2D eigenvalue weighted by Gasteiger charge is 2.15. The number of aromatic amines is 1. The fraction of sp³-hybridized carbons (Fsp3) is 0.423. The summed E-state index contributed by atoms with van der Waals surface area (Å²) in [6.45, 7) is 3.28. The number of carbonyl (C=O) groups excluding carboxylic acids is 1. The second kappa shape index (κ2) is 11.9. The molecule has 1 unspecified atom stereocenters. The van der Waals surface area contributed by atoms with Crippen LogP contribution in [-0.2, 0) is 17.8 Å². The summed E-state index contributed by atoms with van der Waals surface area (Å²) in [4.78, 5) is 30.3. The number of carbonyl (C=O) groups is 1. The van der Waals surface area contributed by atoms with Crippen LogP contribution in [0, 0.1) is 4.77 Å². The second-order valence-electron chi connectivity index (χ2n) is 8.62. The fourth-order valence-corrected chi connectivity index (χ4v) is 4.29. The lowest BCUT2D eigenvalue weighted by Gasteiger charge is -2.25. The maximum Gasteiger partial charge on any atom is 0.262 e. The molecule has 176 valence electrons. The van der Waals surface area contributed by atoms with Gasteiger partial charge in [0.1, 0.15) is 0 Å². The number of H-pyrrole nitrogens is 1. The molecule has 2 aromatic carbocycles. The molecule has 3 aromatic rings. The Hall–Kier alpha value is -2.77. The Morgan fingerprint density at radius 1 is 1.09 bits per heavy atom. The van der Waals surface area contributed by atoms with E-state index < -0.39 is 0 Å². The summed E-state index contributed by atoms with van der Waals surface area (Å²) in [6, 6.07) is 16.1. The number of nitrogens with one attached hydrogen (secondary N) is 2. The Morgan fingerprint density at radius 2 is 1.82 bits per heavy atom. The minimum Gasteiger partial charge on any atom is -0.354 e. The summed E-state index contributed by atoms with van der Waals surface area (Å²) in [5.41, 5.74) is 3.22. The van der Waals surface area contributed by atoms with Gasteiger partial charge in [0.15, 0.2) is 4.77 Å². The van der Waals surface area contributed by atoms with Crippen LogP contribution in [0.5, 0.6) is 0 Å². The van der Waals surface area contributed by atoms with Crippen molar-refractivity contribution in [2.45, 2.75) is 51.6 Å². The molecule has 0 saturated carbocycles. The molecule has 0 saturated heterocycles. The minimum absolute atomic E-state index is 0.0613. The summed E-state index contributed by atoms with van der Waals surface area (Å²) in [5, 5.41) is 3.72. The molecule has 1 amide bonds. The summed E-state index contributed by atoms with van der Waals surface area (Å²) < 4.78 is 2.06. The number of rotatable bonds is 11. The van der Waals surface area contributed by atoms with Gasteiger partial charge in [0.25, 0.3) is 5.56 Å². The molecule has 1 aromatic heterocycles. The molecular formula is C26H34N4O2S. The number of hydrogen-bond donors (Lipinski definition) is 2. The van der Waals surface area contributed by atoms with Gasteiger partial charge in [-0.3, -0.25) is 14.2 Å². The number of amides is 1. The largest absolute Gasteiger partial charge is 0.354 e. The first-order valence-corrected chi connectivity index (χ1v) is 12.1. The normalized spacial score (nSPS) is 12.2. The Bertz CT molecular complexity index is 1180. The van der Waals surface area contributed by atoms with Crippen molar-refractivity contribution in [1.82, 2.24) is 19.8 Å². The van der Waals surface area contributed by atoms with E-state index in [0.29, 0.717) is 29.7 Å². The first-order valence-electron chi connectivity index (χ1n) is 11.6. The predicted molar refractivity (Wildman–Crippen MR) is 137 cm³/mol. The SMILES string of the molecule is CCc1ccc(C(CNC(=O)CCCCCn2c(=S)[nH]c3ccccc3c2=O)N(C)C)cc1. The zero-order valence-corrected chi connectivity index (χ0v) is 20.6. The number of aromatic nitrogens is 2. The van der Waals surface area contributed by atoms with Crippen molar-refractivity contribution in [2.24, 2.45) is 0 Å². The summed E-state index contributed by atoms with van der Waals surface area (Å²) >= 11 is 5.36. The Morgan fingerprint density at radius 3 is 2.52 bits per heavy atom. The van der Waals surface area contributed by atoms with E-state index in [4.69, 9.17) is 12.2 Å². The number of unbranched alkanes of at least 4 members (excludes halogenated alkanes) is 2. The number of hydrogen-bond acceptors (Lipinski definition) is 4. The zero-order chi connectivity index (χ0) is 23.8. The molecule has 0 fully saturated rings. The zero-order valence-electron chi connectivity index (χ0n) is 19.8. The van der Waals surface area contributed by atoms with Crippen molar-refractivity contribution in [1.29, 1.82) is 0 Å². The smallest absolute Gasteiger partial charge is 0.262 e. The van der Waals surface area contributed by atoms with Crippen LogP contribution in [-0.4, -0.2) is 41.0 Å². The van der Waals surface area contributed by atoms with Crippen LogP contribution in [0.15, 0.2) is 53.3 Å². The lowest BCUT2D eigenvalue weighted by Crippen LogP contribution is -2.34. The Balaban J connectivity index is 1.44. The fourth-order valence-electron chi connectivity index (χ4n) is 4.01. The third-order valence-electron chi connectivity index (χ3n) is 6.06. The second-order valence-corrected chi connectivity index (χ2v) is 9.01. The Labute approximate surface area is 200 Å². The van der Waals surface area contributed by atoms with Crippen LogP contribution in [0.4, 0.5) is 0 Å². The molecule has 7 heteroatoms. The van der Waals surface area contributed by atoms with Gasteiger partial charge in [-0.05, 0) is 68.8 Å². The van der Waals surface area contributed by atoms with E-state index in [-0.39, 0.29) is 17.5 Å². The lowest BCUT2D eigenvalue weighted by atomic mass is 10.0. The third-order valence-corrected chi connectivity index (χ3v) is 6.39. The van der Waals surface area contributed by atoms with Gasteiger partial charge in [-0.25, -0.2) is 0 Å². The standard InChI is InChI=1S/C26H34N4O2S/c1-4-19-13-15-20(16-14-19)23(29(2)3)18-27-24(31)12-6-5-9-17-30-25(32)21-10-7-8-11-22(21)28-26(30)33/h7-8,10-11,13-16,23H,4-6,9,12,17-18H2,1-3H3,(H,27,31)(H,28,33). The molecular weight excluding hydrogens is 432 g/mol. The minimum atomic E-state index is -0.0613. The van der Waals surface area contributed by atoms with Gasteiger partial charge < -0.3 is 15.2 Å². The molecule has 0 radical (unpaired) electrons. The molecule has 0 aliphatic rings. The molecule has 3 rings (SSSR count). The molecule has 0 bridgehead atoms. The number of para-hydroxylation sites is 1. The molecule has 1 atom stereocenters. The van der Waals surface area contributed by atoms with Crippen LogP contribution in [0.2, 0.25) is 0 Å². The number of likely N-dealkylation sites (N-methyl/N-ethyl adjacent to an activating group) is 1. The average Bonchev–Trinajstić information content (AvgIpc) is 2.81. The van der Waals surface area contributed by atoms with Crippen molar-refractivity contribution in [3.05, 3.63) is 74.8 Å². The van der Waals surface area contributed by atoms with Crippen LogP contribution in [0.25, 0.3) is 10.9 Å². The molecule has 6 nitrogen and oxygen atoms in total. The number of fused-ring (bicyclic) bond motifs is 1. The van der Waals surface area contributed by atoms with Crippen LogP contribution >= 0.6 is 12.2 Å². The third kappa shape index (κ3) is 6.62. The highest BCUT2D eigenvalue weighted by atomic mass is 32.1. The van der Waals surface area contributed by atoms with Crippen LogP contribution in [0.3, 0.4) is 0 Å². The van der Waals surface area contributed by atoms with E-state index in [2.05, 4.69) is 46.4 Å². The van der Waals surface area contributed by atoms with Gasteiger partial charge in [-0.2, -0.15) is 0 Å². The molecule has 33 heavy (non-hydrogen) atoms. The molecule has 0 aliphatic heterocycles. The van der Waals surface area contributed by atoms with E-state index in [1.807, 2.05) is 38.4 Å². The quantitative estimate of drug-likeness (QED) is 0.320. The highest BCUT2D eigenvalue weighted by Crippen LogP contribution is 2.18. The van der Waals surface area contributed by atoms with Gasteiger partial charge in [0.2, 0.25) is 5.91 Å². The summed E-state index contributed by atoms with van der Waals surface area (Å²) in [5.74, 6) is 0.0622. The van der Waals surface area contributed by atoms with E-state index in [9.17, 15) is 9.59 Å². The van der Waals surface area contributed by atoms with Gasteiger partial charge in [0, 0.05) is 19.5 Å². The number of benzene rings is 2. The van der Waals surface area contributed by atoms with Gasteiger partial charge >= 0.3 is 0 Å². The average molecular weight is 467 g/mol. The molecule has 1 heterocycles. The van der Waals surface area contributed by atoms with Gasteiger partial charge in [-0.1, -0.05) is 49.7 Å². The van der Waals surface area contributed by atoms with Crippen molar-refractivity contribution in [3.63, 3.8) is 0 Å². The van der Waals surface area contributed by atoms with Crippen LogP contribution < -0.4 is 10.9 Å². The molecule has 2 N–H and O–H groups in total. The topological polar surface area (TPSA) is 70.1 Å². The van der Waals surface area contributed by atoms with Gasteiger partial charge in [0.05, 0.1) is 16.9 Å². The van der Waals surface area contributed by atoms with Crippen molar-refractivity contribution in [2.75, 3.05) is 20.6 Å². The number of nitrogens with zero attached hydrogens (tertiary/aromatic N) is 2.